The lowest BCUT2D eigenvalue weighted by atomic mass is 9.85. The van der Waals surface area contributed by atoms with E-state index in [1.807, 2.05) is 185 Å². The van der Waals surface area contributed by atoms with Crippen molar-refractivity contribution in [2.24, 2.45) is 35.5 Å². The quantitative estimate of drug-likeness (QED) is 0.0409. The van der Waals surface area contributed by atoms with Crippen LogP contribution in [0.15, 0.2) is 72.8 Å². The minimum atomic E-state index is -0.702. The average Bonchev–Trinajstić information content (AvgIpc) is 3.48. The summed E-state index contributed by atoms with van der Waals surface area (Å²) in [6.45, 7) is 40.0. The zero-order valence-corrected chi connectivity index (χ0v) is 56.6. The number of hydrogen-bond donors (Lipinski definition) is 1. The number of benzene rings is 3. The number of amides is 3. The Morgan fingerprint density at radius 2 is 0.830 bits per heavy atom. The van der Waals surface area contributed by atoms with Crippen molar-refractivity contribution in [3.05, 3.63) is 106 Å². The highest BCUT2D eigenvalue weighted by atomic mass is 16.6. The van der Waals surface area contributed by atoms with E-state index in [0.717, 1.165) is 22.3 Å². The summed E-state index contributed by atoms with van der Waals surface area (Å²) in [5, 5.41) is 3.66. The summed E-state index contributed by atoms with van der Waals surface area (Å²) in [7, 11) is 0. The molecule has 0 bridgehead atoms. The van der Waals surface area contributed by atoms with Crippen molar-refractivity contribution >= 4 is 35.8 Å². The molecular weight excluding hydrogens is 1110 g/mol. The van der Waals surface area contributed by atoms with E-state index < -0.39 is 51.4 Å². The molecule has 0 spiro atoms. The molecule has 88 heavy (non-hydrogen) atoms. The Balaban J connectivity index is 1.24. The third-order valence-electron chi connectivity index (χ3n) is 15.7. The van der Waals surface area contributed by atoms with E-state index in [-0.39, 0.29) is 66.8 Å². The standard InChI is InChI=1S/C71H107N5O12/c1-66(2,3)83-46-58(55-29-33-75(44-55)64(81)87-70(13,14)15)60(77)52-26-20-23-49(37-52)40-72-31-35-73(41-50-24-19-22-48(36-50)39-57(62(79)85-68(7,8)9)54-28-32-74(43-54)63(80)86-69(10,11)12)42-51-25-21-27-53(38-51)61(78)59(47-84-67(4,5)6)56-30-34-76(45-56)65(82)88-71(16,17)18/h19-27,36-38,54-59,72H,28-35,39-47H2,1-18H3/t54-,55-,56-,57-,58+,59+/m0/s1. The lowest BCUT2D eigenvalue weighted by Gasteiger charge is -2.28. The summed E-state index contributed by atoms with van der Waals surface area (Å²) >= 11 is 0. The van der Waals surface area contributed by atoms with Crippen LogP contribution in [-0.2, 0) is 59.3 Å². The molecule has 3 aliphatic rings. The van der Waals surface area contributed by atoms with E-state index in [2.05, 4.69) is 22.3 Å². The maximum atomic E-state index is 14.9. The Labute approximate surface area is 526 Å². The number of hydrogen-bond acceptors (Lipinski definition) is 14. The summed E-state index contributed by atoms with van der Waals surface area (Å²) in [5.74, 6) is -2.15. The van der Waals surface area contributed by atoms with Gasteiger partial charge in [-0.3, -0.25) is 19.3 Å². The molecule has 6 rings (SSSR count). The Morgan fingerprint density at radius 1 is 0.466 bits per heavy atom. The topological polar surface area (TPSA) is 183 Å². The van der Waals surface area contributed by atoms with E-state index in [0.29, 0.717) is 109 Å². The van der Waals surface area contributed by atoms with Crippen molar-refractivity contribution in [1.82, 2.24) is 24.9 Å². The number of ether oxygens (including phenoxy) is 6. The molecule has 6 atom stereocenters. The Hall–Kier alpha value is -5.88. The molecule has 3 aromatic carbocycles. The van der Waals surface area contributed by atoms with Gasteiger partial charge < -0.3 is 48.4 Å². The van der Waals surface area contributed by atoms with Crippen LogP contribution < -0.4 is 5.32 Å². The van der Waals surface area contributed by atoms with Crippen molar-refractivity contribution < 1.29 is 57.2 Å². The van der Waals surface area contributed by atoms with Gasteiger partial charge in [-0.1, -0.05) is 60.7 Å². The number of carbonyl (C=O) groups excluding carboxylic acids is 6. The Bertz CT molecular complexity index is 2850. The van der Waals surface area contributed by atoms with Crippen LogP contribution in [0, 0.1) is 35.5 Å². The van der Waals surface area contributed by atoms with E-state index in [9.17, 15) is 28.8 Å². The van der Waals surface area contributed by atoms with Gasteiger partial charge in [0.1, 0.15) is 22.4 Å². The second kappa shape index (κ2) is 29.8. The van der Waals surface area contributed by atoms with Crippen LogP contribution in [0.3, 0.4) is 0 Å². The van der Waals surface area contributed by atoms with Gasteiger partial charge in [0.05, 0.1) is 42.2 Å². The van der Waals surface area contributed by atoms with Gasteiger partial charge in [-0.15, -0.1) is 0 Å². The predicted octanol–water partition coefficient (Wildman–Crippen LogP) is 13.0. The summed E-state index contributed by atoms with van der Waals surface area (Å²) in [6.07, 6.45) is 1.24. The Morgan fingerprint density at radius 3 is 1.24 bits per heavy atom. The maximum Gasteiger partial charge on any atom is 0.410 e. The number of ketones is 2. The second-order valence-corrected chi connectivity index (χ2v) is 30.7. The third kappa shape index (κ3) is 23.5. The highest BCUT2D eigenvalue weighted by molar-refractivity contribution is 5.99. The van der Waals surface area contributed by atoms with Crippen molar-refractivity contribution in [3.8, 4) is 0 Å². The van der Waals surface area contributed by atoms with E-state index in [4.69, 9.17) is 28.4 Å². The molecule has 17 nitrogen and oxygen atoms in total. The fourth-order valence-electron chi connectivity index (χ4n) is 11.6. The van der Waals surface area contributed by atoms with E-state index in [1.165, 1.54) is 0 Å². The first-order valence-corrected chi connectivity index (χ1v) is 32.0. The first kappa shape index (κ1) is 71.2. The SMILES string of the molecule is CC(C)(C)OC[C@@H](C(=O)c1cccc(CNCCN(Cc2cccc(C[C@H](C(=O)OC(C)(C)C)[C@H]3CCN(C(=O)OC(C)(C)C)C3)c2)Cc2cccc(C(=O)[C@H](COC(C)(C)C)[C@H]3CCN(C(=O)OC(C)(C)C)C3)c2)c1)[C@H]1CCN(C(=O)OC(C)(C)C)C1. The number of nitrogens with one attached hydrogen (secondary N) is 1. The minimum Gasteiger partial charge on any atom is -0.460 e. The molecule has 3 saturated heterocycles. The van der Waals surface area contributed by atoms with Gasteiger partial charge in [-0.05, 0) is 202 Å². The summed E-state index contributed by atoms with van der Waals surface area (Å²) in [5.41, 5.74) is 1.52. The monoisotopic (exact) mass is 1220 g/mol. The van der Waals surface area contributed by atoms with Crippen LogP contribution in [0.25, 0.3) is 0 Å². The molecule has 0 aliphatic carbocycles. The molecule has 0 unspecified atom stereocenters. The molecule has 488 valence electrons. The van der Waals surface area contributed by atoms with Gasteiger partial charge in [-0.25, -0.2) is 14.4 Å². The number of nitrogens with zero attached hydrogens (tertiary/aromatic N) is 4. The summed E-state index contributed by atoms with van der Waals surface area (Å²) in [6, 6.07) is 23.9. The number of carbonyl (C=O) groups is 6. The van der Waals surface area contributed by atoms with Crippen LogP contribution in [0.5, 0.6) is 0 Å². The smallest absolute Gasteiger partial charge is 0.410 e. The molecule has 0 saturated carbocycles. The van der Waals surface area contributed by atoms with Crippen LogP contribution >= 0.6 is 0 Å². The molecule has 3 aromatic rings. The molecule has 0 radical (unpaired) electrons. The van der Waals surface area contributed by atoms with Crippen LogP contribution in [0.1, 0.15) is 187 Å². The predicted molar refractivity (Wildman–Crippen MR) is 343 cm³/mol. The maximum absolute atomic E-state index is 14.9. The normalized spacial score (nSPS) is 18.9. The molecule has 3 amide bonds. The fourth-order valence-corrected chi connectivity index (χ4v) is 11.6. The lowest BCUT2D eigenvalue weighted by molar-refractivity contribution is -0.162. The fraction of sp³-hybridized carbons (Fsp3) is 0.662. The molecule has 1 N–H and O–H groups in total. The first-order valence-electron chi connectivity index (χ1n) is 32.0. The third-order valence-corrected chi connectivity index (χ3v) is 15.7. The molecule has 17 heteroatoms. The van der Waals surface area contributed by atoms with Crippen molar-refractivity contribution in [2.75, 3.05) is 65.6 Å². The van der Waals surface area contributed by atoms with Gasteiger partial charge in [0.25, 0.3) is 0 Å². The molecular formula is C71H107N5O12. The van der Waals surface area contributed by atoms with E-state index in [1.54, 1.807) is 14.7 Å². The zero-order valence-electron chi connectivity index (χ0n) is 56.6. The van der Waals surface area contributed by atoms with Crippen LogP contribution in [0.4, 0.5) is 14.4 Å². The number of Topliss-reactive ketones (excluding diaryl/α,β-unsaturated/α-hetero) is 2. The molecule has 3 fully saturated rings. The molecule has 3 heterocycles. The summed E-state index contributed by atoms with van der Waals surface area (Å²) < 4.78 is 35.8. The van der Waals surface area contributed by atoms with Gasteiger partial charge in [0, 0.05) is 83.1 Å². The van der Waals surface area contributed by atoms with Crippen LogP contribution in [0.2, 0.25) is 0 Å². The molecule has 3 aliphatic heterocycles. The number of rotatable bonds is 23. The Kier molecular flexibility index (Phi) is 24.1. The number of esters is 1. The number of likely N-dealkylation sites (tertiary alicyclic amines) is 3. The highest BCUT2D eigenvalue weighted by Gasteiger charge is 2.42. The zero-order chi connectivity index (χ0) is 65.2. The van der Waals surface area contributed by atoms with Crippen molar-refractivity contribution in [3.63, 3.8) is 0 Å². The highest BCUT2D eigenvalue weighted by Crippen LogP contribution is 2.34. The lowest BCUT2D eigenvalue weighted by Crippen LogP contribution is -2.38. The average molecular weight is 1220 g/mol. The summed E-state index contributed by atoms with van der Waals surface area (Å²) in [4.78, 5) is 90.5. The minimum absolute atomic E-state index is 0.0150. The van der Waals surface area contributed by atoms with Crippen LogP contribution in [-0.4, -0.2) is 155 Å². The van der Waals surface area contributed by atoms with Gasteiger partial charge in [-0.2, -0.15) is 0 Å². The van der Waals surface area contributed by atoms with Gasteiger partial charge in [0.15, 0.2) is 11.6 Å². The second-order valence-electron chi connectivity index (χ2n) is 30.7. The molecule has 0 aromatic heterocycles. The van der Waals surface area contributed by atoms with Gasteiger partial charge in [0.2, 0.25) is 0 Å². The van der Waals surface area contributed by atoms with Crippen molar-refractivity contribution in [1.29, 1.82) is 0 Å². The van der Waals surface area contributed by atoms with Crippen molar-refractivity contribution in [2.45, 2.75) is 204 Å². The van der Waals surface area contributed by atoms with Gasteiger partial charge >= 0.3 is 24.2 Å². The van der Waals surface area contributed by atoms with E-state index >= 15 is 0 Å². The first-order chi connectivity index (χ1) is 40.8. The largest absolute Gasteiger partial charge is 0.460 e.